The van der Waals surface area contributed by atoms with Crippen molar-refractivity contribution in [2.24, 2.45) is 5.73 Å². The number of primary amides is 1. The van der Waals surface area contributed by atoms with Crippen molar-refractivity contribution in [3.63, 3.8) is 0 Å². The number of amides is 4. The number of anilines is 1. The third kappa shape index (κ3) is 8.46. The van der Waals surface area contributed by atoms with Crippen LogP contribution < -0.4 is 16.4 Å². The van der Waals surface area contributed by atoms with Gasteiger partial charge in [-0.15, -0.1) is 0 Å². The van der Waals surface area contributed by atoms with E-state index in [1.165, 1.54) is 17.0 Å². The Morgan fingerprint density at radius 2 is 1.52 bits per heavy atom. The summed E-state index contributed by atoms with van der Waals surface area (Å²) in [6.07, 6.45) is -0.975. The van der Waals surface area contributed by atoms with Crippen molar-refractivity contribution in [3.05, 3.63) is 59.2 Å². The van der Waals surface area contributed by atoms with Crippen LogP contribution in [0, 0.1) is 13.8 Å². The molecule has 0 fully saturated rings. The monoisotopic (exact) mass is 554 g/mol. The zero-order valence-electron chi connectivity index (χ0n) is 24.6. The van der Waals surface area contributed by atoms with Crippen molar-refractivity contribution in [2.45, 2.75) is 91.5 Å². The molecule has 0 aliphatic rings. The molecule has 10 heteroatoms. The van der Waals surface area contributed by atoms with Gasteiger partial charge in [-0.2, -0.15) is 0 Å². The van der Waals surface area contributed by atoms with Crippen molar-refractivity contribution < 1.29 is 29.0 Å². The number of phenolic OH excluding ortho intramolecular Hbond substituents is 1. The first-order chi connectivity index (χ1) is 18.5. The van der Waals surface area contributed by atoms with Crippen molar-refractivity contribution in [3.8, 4) is 5.75 Å². The van der Waals surface area contributed by atoms with Gasteiger partial charge in [0.1, 0.15) is 23.4 Å². The predicted molar refractivity (Wildman–Crippen MR) is 154 cm³/mol. The topological polar surface area (TPSA) is 151 Å². The molecule has 0 bridgehead atoms. The summed E-state index contributed by atoms with van der Waals surface area (Å²) in [5, 5.41) is 15.4. The quantitative estimate of drug-likeness (QED) is 0.340. The molecule has 0 saturated heterocycles. The summed E-state index contributed by atoms with van der Waals surface area (Å²) < 4.78 is 5.32. The van der Waals surface area contributed by atoms with E-state index in [-0.39, 0.29) is 5.75 Å². The van der Waals surface area contributed by atoms with Crippen molar-refractivity contribution in [1.29, 1.82) is 0 Å². The maximum atomic E-state index is 14.3. The fourth-order valence-electron chi connectivity index (χ4n) is 4.24. The highest BCUT2D eigenvalue weighted by Crippen LogP contribution is 2.34. The van der Waals surface area contributed by atoms with Gasteiger partial charge in [-0.1, -0.05) is 37.3 Å². The van der Waals surface area contributed by atoms with E-state index in [0.29, 0.717) is 17.7 Å². The highest BCUT2D eigenvalue weighted by Gasteiger charge is 2.43. The molecule has 0 heterocycles. The van der Waals surface area contributed by atoms with Crippen LogP contribution in [0.5, 0.6) is 5.75 Å². The molecular formula is C30H42N4O6. The molecule has 218 valence electrons. The molecule has 2 aromatic rings. The van der Waals surface area contributed by atoms with Crippen LogP contribution >= 0.6 is 0 Å². The molecule has 2 atom stereocenters. The van der Waals surface area contributed by atoms with E-state index in [0.717, 1.165) is 11.1 Å². The molecule has 0 spiro atoms. The fourth-order valence-corrected chi connectivity index (χ4v) is 4.24. The summed E-state index contributed by atoms with van der Waals surface area (Å²) in [5.74, 6) is -2.02. The van der Waals surface area contributed by atoms with Gasteiger partial charge in [-0.25, -0.2) is 4.79 Å². The second-order valence-corrected chi connectivity index (χ2v) is 11.5. The third-order valence-corrected chi connectivity index (χ3v) is 6.59. The number of nitrogens with zero attached hydrogens (tertiary/aromatic N) is 1. The number of carbonyl (C=O) groups is 4. The van der Waals surface area contributed by atoms with Crippen LogP contribution in [0.4, 0.5) is 10.5 Å². The average Bonchev–Trinajstić information content (AvgIpc) is 2.83. The molecule has 0 aromatic heterocycles. The van der Waals surface area contributed by atoms with Gasteiger partial charge >= 0.3 is 6.09 Å². The number of phenols is 1. The number of para-hydroxylation sites is 1. The molecule has 0 aliphatic heterocycles. The Hall–Kier alpha value is -4.08. The molecule has 0 aliphatic carbocycles. The summed E-state index contributed by atoms with van der Waals surface area (Å²) in [6.45, 7) is 14.2. The Morgan fingerprint density at radius 3 is 2.00 bits per heavy atom. The van der Waals surface area contributed by atoms with E-state index < -0.39 is 53.5 Å². The lowest BCUT2D eigenvalue weighted by molar-refractivity contribution is -0.148. The Bertz CT molecular complexity index is 1210. The minimum atomic E-state index is -1.40. The van der Waals surface area contributed by atoms with Crippen LogP contribution in [-0.2, 0) is 19.1 Å². The van der Waals surface area contributed by atoms with E-state index in [4.69, 9.17) is 10.5 Å². The van der Waals surface area contributed by atoms with Gasteiger partial charge in [-0.3, -0.25) is 14.4 Å². The van der Waals surface area contributed by atoms with E-state index in [9.17, 15) is 24.3 Å². The normalized spacial score (nSPS) is 13.1. The van der Waals surface area contributed by atoms with Crippen LogP contribution in [0.25, 0.3) is 0 Å². The summed E-state index contributed by atoms with van der Waals surface area (Å²) in [7, 11) is 0. The molecule has 10 nitrogen and oxygen atoms in total. The number of nitrogens with two attached hydrogens (primary N) is 1. The zero-order valence-corrected chi connectivity index (χ0v) is 24.6. The molecule has 0 saturated carbocycles. The highest BCUT2D eigenvalue weighted by molar-refractivity contribution is 6.00. The Balaban J connectivity index is 2.68. The zero-order chi connectivity index (χ0) is 30.4. The lowest BCUT2D eigenvalue weighted by Gasteiger charge is -2.44. The lowest BCUT2D eigenvalue weighted by atomic mass is 9.91. The number of alkyl carbamates (subject to hydrolysis) is 1. The number of benzene rings is 2. The smallest absolute Gasteiger partial charge is 0.408 e. The van der Waals surface area contributed by atoms with Crippen molar-refractivity contribution in [1.82, 2.24) is 10.2 Å². The lowest BCUT2D eigenvalue weighted by Crippen LogP contribution is -2.59. The highest BCUT2D eigenvalue weighted by atomic mass is 16.6. The van der Waals surface area contributed by atoms with Gasteiger partial charge < -0.3 is 31.1 Å². The molecular weight excluding hydrogens is 512 g/mol. The van der Waals surface area contributed by atoms with E-state index >= 15 is 0 Å². The maximum absolute atomic E-state index is 14.3. The summed E-state index contributed by atoms with van der Waals surface area (Å²) in [6, 6.07) is 8.98. The van der Waals surface area contributed by atoms with Gasteiger partial charge in [0.25, 0.3) is 5.91 Å². The van der Waals surface area contributed by atoms with Gasteiger partial charge in [0.15, 0.2) is 0 Å². The van der Waals surface area contributed by atoms with Crippen molar-refractivity contribution in [2.75, 3.05) is 5.32 Å². The first kappa shape index (κ1) is 32.1. The molecule has 5 N–H and O–H groups in total. The van der Waals surface area contributed by atoms with Gasteiger partial charge in [0.2, 0.25) is 11.8 Å². The Kier molecular flexibility index (Phi) is 10.3. The number of nitrogens with one attached hydrogen (secondary N) is 2. The summed E-state index contributed by atoms with van der Waals surface area (Å²) >= 11 is 0. The fraction of sp³-hybridized carbons (Fsp3) is 0.467. The van der Waals surface area contributed by atoms with Crippen LogP contribution in [0.1, 0.15) is 77.1 Å². The Morgan fingerprint density at radius 1 is 0.975 bits per heavy atom. The van der Waals surface area contributed by atoms with Gasteiger partial charge in [0.05, 0.1) is 6.42 Å². The number of hydrogen-bond donors (Lipinski definition) is 4. The van der Waals surface area contributed by atoms with Crippen LogP contribution in [-0.4, -0.2) is 51.0 Å². The van der Waals surface area contributed by atoms with Crippen LogP contribution in [0.2, 0.25) is 0 Å². The molecule has 2 unspecified atom stereocenters. The second kappa shape index (κ2) is 12.8. The number of carbonyl (C=O) groups excluding carboxylic acids is 4. The first-order valence-corrected chi connectivity index (χ1v) is 13.2. The van der Waals surface area contributed by atoms with Crippen molar-refractivity contribution >= 4 is 29.5 Å². The number of ether oxygens (including phenoxy) is 1. The SMILES string of the molecule is CCC(C)(C)N(C(=O)C(CC(N)=O)NC(=O)OC(C)(C)C)C(C(=O)Nc1c(C)cccc1C)c1ccc(O)cc1. The number of hydrogen-bond acceptors (Lipinski definition) is 6. The van der Waals surface area contributed by atoms with Crippen LogP contribution in [0.15, 0.2) is 42.5 Å². The van der Waals surface area contributed by atoms with E-state index in [2.05, 4.69) is 10.6 Å². The average molecular weight is 555 g/mol. The first-order valence-electron chi connectivity index (χ1n) is 13.2. The third-order valence-electron chi connectivity index (χ3n) is 6.59. The molecule has 4 amide bonds. The summed E-state index contributed by atoms with van der Waals surface area (Å²) in [4.78, 5) is 54.4. The van der Waals surface area contributed by atoms with E-state index in [1.807, 2.05) is 39.0 Å². The minimum absolute atomic E-state index is 0.0107. The van der Waals surface area contributed by atoms with E-state index in [1.54, 1.807) is 46.8 Å². The number of aryl methyl sites for hydroxylation is 2. The molecule has 40 heavy (non-hydrogen) atoms. The summed E-state index contributed by atoms with van der Waals surface area (Å²) in [5.41, 5.74) is 6.39. The predicted octanol–water partition coefficient (Wildman–Crippen LogP) is 4.47. The molecule has 0 radical (unpaired) electrons. The standard InChI is InChI=1S/C30H42N4O6/c1-9-30(7,8)34(27(38)22(17-23(31)36)32-28(39)40-29(4,5)6)25(20-13-15-21(35)16-14-20)26(37)33-24-18(2)11-10-12-19(24)3/h10-16,22,25,35H,9,17H2,1-8H3,(H2,31,36)(H,32,39)(H,33,37). The van der Waals surface area contributed by atoms with Gasteiger partial charge in [-0.05, 0) is 83.7 Å². The Labute approximate surface area is 236 Å². The number of aromatic hydroxyl groups is 1. The number of rotatable bonds is 10. The maximum Gasteiger partial charge on any atom is 0.408 e. The largest absolute Gasteiger partial charge is 0.508 e. The molecule has 2 aromatic carbocycles. The minimum Gasteiger partial charge on any atom is -0.508 e. The van der Waals surface area contributed by atoms with Crippen LogP contribution in [0.3, 0.4) is 0 Å². The van der Waals surface area contributed by atoms with Gasteiger partial charge in [0, 0.05) is 11.2 Å². The molecule has 2 rings (SSSR count). The second-order valence-electron chi connectivity index (χ2n) is 11.5.